The molecule has 0 bridgehead atoms. The van der Waals surface area contributed by atoms with Crippen molar-refractivity contribution in [2.45, 2.75) is 13.5 Å². The molecule has 4 nitrogen and oxygen atoms in total. The van der Waals surface area contributed by atoms with Crippen molar-refractivity contribution in [1.29, 1.82) is 0 Å². The van der Waals surface area contributed by atoms with Crippen molar-refractivity contribution in [3.05, 3.63) is 34.8 Å². The van der Waals surface area contributed by atoms with Crippen molar-refractivity contribution in [3.8, 4) is 16.3 Å². The lowest BCUT2D eigenvalue weighted by Gasteiger charge is -2.02. The fraction of sp³-hybridized carbons (Fsp3) is 0.400. The van der Waals surface area contributed by atoms with E-state index in [9.17, 15) is 0 Å². The molecule has 0 spiro atoms. The van der Waals surface area contributed by atoms with Crippen molar-refractivity contribution in [1.82, 2.24) is 10.3 Å². The van der Waals surface area contributed by atoms with Crippen LogP contribution in [0.2, 0.25) is 0 Å². The highest BCUT2D eigenvalue weighted by Gasteiger charge is 2.09. The predicted molar refractivity (Wildman–Crippen MR) is 82.4 cm³/mol. The molecule has 1 N–H and O–H groups in total. The van der Waals surface area contributed by atoms with Gasteiger partial charge in [0.05, 0.1) is 19.4 Å². The van der Waals surface area contributed by atoms with Gasteiger partial charge in [0.1, 0.15) is 10.8 Å². The van der Waals surface area contributed by atoms with Crippen LogP contribution in [0.3, 0.4) is 0 Å². The van der Waals surface area contributed by atoms with E-state index in [4.69, 9.17) is 9.47 Å². The molecule has 2 aromatic rings. The highest BCUT2D eigenvalue weighted by atomic mass is 32.1. The van der Waals surface area contributed by atoms with Crippen LogP contribution >= 0.6 is 11.3 Å². The van der Waals surface area contributed by atoms with Gasteiger partial charge < -0.3 is 14.8 Å². The van der Waals surface area contributed by atoms with Crippen LogP contribution in [-0.2, 0) is 11.3 Å². The van der Waals surface area contributed by atoms with E-state index in [2.05, 4.69) is 17.2 Å². The maximum Gasteiger partial charge on any atom is 0.123 e. The Balaban J connectivity index is 2.05. The Morgan fingerprint density at radius 2 is 1.95 bits per heavy atom. The molecule has 1 heterocycles. The second kappa shape index (κ2) is 7.38. The van der Waals surface area contributed by atoms with E-state index in [1.54, 1.807) is 25.6 Å². The Kier molecular flexibility index (Phi) is 5.52. The topological polar surface area (TPSA) is 43.4 Å². The van der Waals surface area contributed by atoms with Crippen LogP contribution in [0.4, 0.5) is 0 Å². The highest BCUT2D eigenvalue weighted by Crippen LogP contribution is 2.29. The number of hydrogen-bond acceptors (Lipinski definition) is 5. The van der Waals surface area contributed by atoms with Crippen molar-refractivity contribution in [2.24, 2.45) is 0 Å². The third-order valence-corrected chi connectivity index (χ3v) is 4.20. The van der Waals surface area contributed by atoms with Gasteiger partial charge in [-0.05, 0) is 31.2 Å². The highest BCUT2D eigenvalue weighted by molar-refractivity contribution is 7.15. The zero-order valence-corrected chi connectivity index (χ0v) is 12.9. The first-order valence-corrected chi connectivity index (χ1v) is 7.36. The van der Waals surface area contributed by atoms with Gasteiger partial charge in [-0.15, -0.1) is 11.3 Å². The molecule has 0 fully saturated rings. The summed E-state index contributed by atoms with van der Waals surface area (Å²) in [6.07, 6.45) is 0. The van der Waals surface area contributed by atoms with Crippen LogP contribution in [-0.4, -0.2) is 32.4 Å². The van der Waals surface area contributed by atoms with Gasteiger partial charge in [-0.2, -0.15) is 0 Å². The third kappa shape index (κ3) is 3.79. The SMILES string of the molecule is COCCNCc1sc(-c2ccc(OC)cc2)nc1C. The molecule has 0 amide bonds. The largest absolute Gasteiger partial charge is 0.497 e. The number of nitrogens with zero attached hydrogens (tertiary/aromatic N) is 1. The van der Waals surface area contributed by atoms with Crippen LogP contribution in [0, 0.1) is 6.92 Å². The molecule has 0 aliphatic rings. The molecule has 1 aromatic carbocycles. The second-order valence-corrected chi connectivity index (χ2v) is 5.51. The average molecular weight is 292 g/mol. The van der Waals surface area contributed by atoms with Gasteiger partial charge in [0.15, 0.2) is 0 Å². The van der Waals surface area contributed by atoms with Crippen molar-refractivity contribution in [2.75, 3.05) is 27.4 Å². The Labute approximate surface area is 123 Å². The van der Waals surface area contributed by atoms with E-state index < -0.39 is 0 Å². The average Bonchev–Trinajstić information content (AvgIpc) is 2.85. The maximum atomic E-state index is 5.17. The summed E-state index contributed by atoms with van der Waals surface area (Å²) in [6, 6.07) is 8.00. The van der Waals surface area contributed by atoms with E-state index in [0.29, 0.717) is 0 Å². The zero-order valence-electron chi connectivity index (χ0n) is 12.1. The van der Waals surface area contributed by atoms with Gasteiger partial charge in [-0.1, -0.05) is 0 Å². The van der Waals surface area contributed by atoms with Gasteiger partial charge in [-0.3, -0.25) is 0 Å². The van der Waals surface area contributed by atoms with E-state index in [-0.39, 0.29) is 0 Å². The predicted octanol–water partition coefficient (Wildman–Crippen LogP) is 2.86. The molecule has 108 valence electrons. The number of rotatable bonds is 7. The number of ether oxygens (including phenoxy) is 2. The van der Waals surface area contributed by atoms with Gasteiger partial charge in [0, 0.05) is 30.6 Å². The first-order chi connectivity index (χ1) is 9.74. The Hall–Kier alpha value is -1.43. The van der Waals surface area contributed by atoms with Crippen LogP contribution in [0.1, 0.15) is 10.6 Å². The number of thiazole rings is 1. The summed E-state index contributed by atoms with van der Waals surface area (Å²) >= 11 is 1.73. The minimum absolute atomic E-state index is 0.725. The zero-order chi connectivity index (χ0) is 14.4. The molecule has 1 aromatic heterocycles. The molecule has 0 unspecified atom stereocenters. The molecule has 2 rings (SSSR count). The van der Waals surface area contributed by atoms with Gasteiger partial charge in [0.25, 0.3) is 0 Å². The molecule has 5 heteroatoms. The van der Waals surface area contributed by atoms with Crippen molar-refractivity contribution in [3.63, 3.8) is 0 Å². The summed E-state index contributed by atoms with van der Waals surface area (Å²) in [5, 5.41) is 4.40. The lowest BCUT2D eigenvalue weighted by atomic mass is 10.2. The minimum Gasteiger partial charge on any atom is -0.497 e. The molecule has 0 saturated heterocycles. The Bertz CT molecular complexity index is 537. The lowest BCUT2D eigenvalue weighted by Crippen LogP contribution is -2.18. The summed E-state index contributed by atoms with van der Waals surface area (Å²) in [5.41, 5.74) is 2.22. The van der Waals surface area contributed by atoms with E-state index in [1.807, 2.05) is 24.3 Å². The van der Waals surface area contributed by atoms with Crippen LogP contribution in [0.15, 0.2) is 24.3 Å². The molecular weight excluding hydrogens is 272 g/mol. The Morgan fingerprint density at radius 1 is 1.20 bits per heavy atom. The quantitative estimate of drug-likeness (QED) is 0.797. The van der Waals surface area contributed by atoms with Crippen molar-refractivity contribution < 1.29 is 9.47 Å². The maximum absolute atomic E-state index is 5.17. The van der Waals surface area contributed by atoms with Gasteiger partial charge >= 0.3 is 0 Å². The second-order valence-electron chi connectivity index (χ2n) is 4.43. The van der Waals surface area contributed by atoms with Crippen LogP contribution in [0.25, 0.3) is 10.6 Å². The monoisotopic (exact) mass is 292 g/mol. The van der Waals surface area contributed by atoms with E-state index >= 15 is 0 Å². The smallest absolute Gasteiger partial charge is 0.123 e. The summed E-state index contributed by atoms with van der Waals surface area (Å²) in [6.45, 7) is 4.47. The molecule has 0 saturated carbocycles. The molecule has 0 aliphatic carbocycles. The molecule has 0 aliphatic heterocycles. The first-order valence-electron chi connectivity index (χ1n) is 6.55. The van der Waals surface area contributed by atoms with Crippen LogP contribution in [0.5, 0.6) is 5.75 Å². The fourth-order valence-corrected chi connectivity index (χ4v) is 2.86. The Morgan fingerprint density at radius 3 is 2.60 bits per heavy atom. The summed E-state index contributed by atoms with van der Waals surface area (Å²) in [7, 11) is 3.38. The number of aryl methyl sites for hydroxylation is 1. The normalized spacial score (nSPS) is 10.8. The number of hydrogen-bond donors (Lipinski definition) is 1. The van der Waals surface area contributed by atoms with E-state index in [0.717, 1.165) is 41.7 Å². The van der Waals surface area contributed by atoms with Crippen molar-refractivity contribution >= 4 is 11.3 Å². The molecule has 20 heavy (non-hydrogen) atoms. The number of methoxy groups -OCH3 is 2. The minimum atomic E-state index is 0.725. The summed E-state index contributed by atoms with van der Waals surface area (Å²) < 4.78 is 10.2. The molecule has 0 radical (unpaired) electrons. The number of aromatic nitrogens is 1. The molecular formula is C15H20N2O2S. The standard InChI is InChI=1S/C15H20N2O2S/c1-11-14(10-16-8-9-18-2)20-15(17-11)12-4-6-13(19-3)7-5-12/h4-7,16H,8-10H2,1-3H3. The first kappa shape index (κ1) is 15.0. The van der Waals surface area contributed by atoms with Gasteiger partial charge in [-0.25, -0.2) is 4.98 Å². The lowest BCUT2D eigenvalue weighted by molar-refractivity contribution is 0.199. The van der Waals surface area contributed by atoms with E-state index in [1.165, 1.54) is 4.88 Å². The fourth-order valence-electron chi connectivity index (χ4n) is 1.83. The summed E-state index contributed by atoms with van der Waals surface area (Å²) in [4.78, 5) is 5.91. The third-order valence-electron chi connectivity index (χ3n) is 3.00. The molecule has 0 atom stereocenters. The number of benzene rings is 1. The van der Waals surface area contributed by atoms with Gasteiger partial charge in [0.2, 0.25) is 0 Å². The van der Waals surface area contributed by atoms with Crippen LogP contribution < -0.4 is 10.1 Å². The summed E-state index contributed by atoms with van der Waals surface area (Å²) in [5.74, 6) is 0.864. The number of nitrogens with one attached hydrogen (secondary N) is 1.